The number of rotatable bonds is 7. The summed E-state index contributed by atoms with van der Waals surface area (Å²) in [5, 5.41) is 8.33. The zero-order valence-electron chi connectivity index (χ0n) is 24.6. The van der Waals surface area contributed by atoms with Gasteiger partial charge in [-0.15, -0.1) is 0 Å². The van der Waals surface area contributed by atoms with Crippen LogP contribution >= 0.6 is 0 Å². The topological polar surface area (TPSA) is 108 Å². The number of H-pyrrole nitrogens is 1. The van der Waals surface area contributed by atoms with Gasteiger partial charge in [0.25, 0.3) is 0 Å². The number of nitrogens with zero attached hydrogens (tertiary/aromatic N) is 3. The monoisotopic (exact) mass is 618 g/mol. The predicted octanol–water partition coefficient (Wildman–Crippen LogP) is 3.51. The van der Waals surface area contributed by atoms with E-state index in [2.05, 4.69) is 31.8 Å². The summed E-state index contributed by atoms with van der Waals surface area (Å²) in [4.78, 5) is 33.3. The van der Waals surface area contributed by atoms with Crippen molar-refractivity contribution in [3.63, 3.8) is 0 Å². The number of hydrogen-bond donors (Lipinski definition) is 2. The number of aromatic amines is 1. The number of aliphatic carboxylic acids is 1. The number of amides is 1. The van der Waals surface area contributed by atoms with Crippen LogP contribution in [0.2, 0.25) is 0 Å². The van der Waals surface area contributed by atoms with Gasteiger partial charge < -0.3 is 29.2 Å². The molecule has 2 N–H and O–H groups in total. The van der Waals surface area contributed by atoms with Crippen LogP contribution in [-0.4, -0.2) is 116 Å². The average Bonchev–Trinajstić information content (AvgIpc) is 3.60. The van der Waals surface area contributed by atoms with Crippen LogP contribution in [0.5, 0.6) is 11.5 Å². The Morgan fingerprint density at radius 1 is 1.02 bits per heavy atom. The molecule has 44 heavy (non-hydrogen) atoms. The van der Waals surface area contributed by atoms with Crippen molar-refractivity contribution in [3.05, 3.63) is 59.8 Å². The number of carboxylic acid groups (broad SMARTS) is 1. The second kappa shape index (κ2) is 13.4. The minimum atomic E-state index is -5.08. The number of halogens is 3. The summed E-state index contributed by atoms with van der Waals surface area (Å²) in [5.41, 5.74) is 3.27. The van der Waals surface area contributed by atoms with Gasteiger partial charge in [-0.3, -0.25) is 14.6 Å². The highest BCUT2D eigenvalue weighted by Gasteiger charge is 2.51. The molecule has 1 unspecified atom stereocenters. The van der Waals surface area contributed by atoms with Crippen LogP contribution in [0.3, 0.4) is 0 Å². The standard InChI is InChI=1S/C29H36N4O4.C2HF3O2/c1-35-23-7-8-26-25(19-23)24-9-11-33(27(34)20-31-13-16-36-17-14-31)29(28(24)30-26)10-12-32(21-29)15-18-37-22-5-3-2-4-6-22;3-2(4,5)1(6)7/h2-8,19,30H,9-18,20-21H2,1H3;(H,6,7). The fourth-order valence-corrected chi connectivity index (χ4v) is 6.28. The lowest BCUT2D eigenvalue weighted by Gasteiger charge is -2.45. The highest BCUT2D eigenvalue weighted by molar-refractivity contribution is 5.88. The third-order valence-electron chi connectivity index (χ3n) is 8.43. The van der Waals surface area contributed by atoms with Gasteiger partial charge >= 0.3 is 12.1 Å². The van der Waals surface area contributed by atoms with Gasteiger partial charge in [-0.1, -0.05) is 18.2 Å². The number of benzene rings is 2. The van der Waals surface area contributed by atoms with Gasteiger partial charge in [0.05, 0.1) is 32.4 Å². The zero-order valence-corrected chi connectivity index (χ0v) is 24.6. The van der Waals surface area contributed by atoms with Crippen molar-refractivity contribution >= 4 is 22.8 Å². The Morgan fingerprint density at radius 3 is 2.43 bits per heavy atom. The van der Waals surface area contributed by atoms with E-state index in [1.807, 2.05) is 36.4 Å². The van der Waals surface area contributed by atoms with Crippen LogP contribution in [0.15, 0.2) is 48.5 Å². The predicted molar refractivity (Wildman–Crippen MR) is 156 cm³/mol. The minimum Gasteiger partial charge on any atom is -0.497 e. The lowest BCUT2D eigenvalue weighted by Crippen LogP contribution is -2.57. The van der Waals surface area contributed by atoms with E-state index in [0.717, 1.165) is 69.1 Å². The maximum atomic E-state index is 13.8. The summed E-state index contributed by atoms with van der Waals surface area (Å²) < 4.78 is 48.8. The number of methoxy groups -OCH3 is 1. The first-order valence-corrected chi connectivity index (χ1v) is 14.6. The molecule has 1 aromatic heterocycles. The van der Waals surface area contributed by atoms with E-state index in [0.29, 0.717) is 26.4 Å². The molecule has 1 amide bonds. The number of hydrogen-bond acceptors (Lipinski definition) is 7. The number of aromatic nitrogens is 1. The van der Waals surface area contributed by atoms with Crippen LogP contribution in [0, 0.1) is 0 Å². The summed E-state index contributed by atoms with van der Waals surface area (Å²) in [5.74, 6) is -0.790. The largest absolute Gasteiger partial charge is 0.497 e. The molecule has 3 aromatic rings. The molecule has 13 heteroatoms. The second-order valence-corrected chi connectivity index (χ2v) is 11.1. The first kappa shape index (κ1) is 31.6. The molecular formula is C31H37F3N4O6. The number of morpholine rings is 1. The number of fused-ring (bicyclic) bond motifs is 4. The number of ether oxygens (including phenoxy) is 3. The lowest BCUT2D eigenvalue weighted by atomic mass is 9.83. The molecule has 2 aromatic carbocycles. The molecule has 4 heterocycles. The van der Waals surface area contributed by atoms with Crippen molar-refractivity contribution in [2.24, 2.45) is 0 Å². The molecule has 0 bridgehead atoms. The average molecular weight is 619 g/mol. The Balaban J connectivity index is 0.000000493. The van der Waals surface area contributed by atoms with Gasteiger partial charge in [0.1, 0.15) is 18.1 Å². The lowest BCUT2D eigenvalue weighted by molar-refractivity contribution is -0.192. The SMILES string of the molecule is COc1ccc2[nH]c3c(c2c1)CCN(C(=O)CN1CCOCC1)C31CCN(CCOc2ccccc2)C1.O=C(O)C(F)(F)F. The highest BCUT2D eigenvalue weighted by Crippen LogP contribution is 2.45. The van der Waals surface area contributed by atoms with Gasteiger partial charge in [-0.25, -0.2) is 4.79 Å². The third kappa shape index (κ3) is 6.95. The smallest absolute Gasteiger partial charge is 0.490 e. The van der Waals surface area contributed by atoms with E-state index in [9.17, 15) is 18.0 Å². The fraction of sp³-hybridized carbons (Fsp3) is 0.484. The summed E-state index contributed by atoms with van der Waals surface area (Å²) in [6, 6.07) is 16.2. The second-order valence-electron chi connectivity index (χ2n) is 11.1. The molecule has 0 aliphatic carbocycles. The van der Waals surface area contributed by atoms with Crippen LogP contribution < -0.4 is 9.47 Å². The van der Waals surface area contributed by atoms with Crippen molar-refractivity contribution in [1.29, 1.82) is 0 Å². The number of alkyl halides is 3. The van der Waals surface area contributed by atoms with Crippen LogP contribution in [-0.2, 0) is 26.3 Å². The van der Waals surface area contributed by atoms with Gasteiger partial charge in [0.15, 0.2) is 0 Å². The Labute approximate surface area is 253 Å². The van der Waals surface area contributed by atoms with Crippen LogP contribution in [0.25, 0.3) is 10.9 Å². The fourth-order valence-electron chi connectivity index (χ4n) is 6.28. The third-order valence-corrected chi connectivity index (χ3v) is 8.43. The van der Waals surface area contributed by atoms with Gasteiger partial charge in [-0.2, -0.15) is 13.2 Å². The molecular weight excluding hydrogens is 581 g/mol. The molecule has 10 nitrogen and oxygen atoms in total. The Morgan fingerprint density at radius 2 is 1.75 bits per heavy atom. The van der Waals surface area contributed by atoms with E-state index in [1.165, 1.54) is 16.6 Å². The maximum absolute atomic E-state index is 13.8. The Kier molecular flexibility index (Phi) is 9.66. The summed E-state index contributed by atoms with van der Waals surface area (Å²) in [7, 11) is 1.71. The first-order chi connectivity index (χ1) is 21.1. The van der Waals surface area contributed by atoms with Gasteiger partial charge in [0, 0.05) is 55.9 Å². The van der Waals surface area contributed by atoms with Crippen molar-refractivity contribution in [2.75, 3.05) is 72.7 Å². The summed E-state index contributed by atoms with van der Waals surface area (Å²) in [6.45, 7) is 7.38. The molecule has 2 fully saturated rings. The van der Waals surface area contributed by atoms with E-state index in [4.69, 9.17) is 24.1 Å². The quantitative estimate of drug-likeness (QED) is 0.415. The number of carbonyl (C=O) groups excluding carboxylic acids is 1. The van der Waals surface area contributed by atoms with Crippen LogP contribution in [0.1, 0.15) is 17.7 Å². The van der Waals surface area contributed by atoms with Crippen molar-refractivity contribution in [1.82, 2.24) is 19.7 Å². The molecule has 0 radical (unpaired) electrons. The van der Waals surface area contributed by atoms with Crippen molar-refractivity contribution in [3.8, 4) is 11.5 Å². The number of para-hydroxylation sites is 1. The minimum absolute atomic E-state index is 0.214. The van der Waals surface area contributed by atoms with E-state index in [1.54, 1.807) is 7.11 Å². The molecule has 1 atom stereocenters. The Hall–Kier alpha value is -3.81. The first-order valence-electron chi connectivity index (χ1n) is 14.6. The molecule has 238 valence electrons. The van der Waals surface area contributed by atoms with Gasteiger partial charge in [-0.05, 0) is 48.7 Å². The molecule has 2 saturated heterocycles. The Bertz CT molecular complexity index is 1440. The summed E-state index contributed by atoms with van der Waals surface area (Å²) in [6.07, 6.45) is -3.33. The van der Waals surface area contributed by atoms with E-state index >= 15 is 0 Å². The summed E-state index contributed by atoms with van der Waals surface area (Å²) >= 11 is 0. The van der Waals surface area contributed by atoms with Crippen LogP contribution in [0.4, 0.5) is 13.2 Å². The maximum Gasteiger partial charge on any atom is 0.490 e. The number of carboxylic acids is 1. The molecule has 1 spiro atoms. The normalized spacial score (nSPS) is 20.7. The van der Waals surface area contributed by atoms with E-state index in [-0.39, 0.29) is 11.4 Å². The zero-order chi connectivity index (χ0) is 31.3. The number of carbonyl (C=O) groups is 2. The molecule has 3 aliphatic rings. The highest BCUT2D eigenvalue weighted by atomic mass is 19.4. The molecule has 3 aliphatic heterocycles. The van der Waals surface area contributed by atoms with Gasteiger partial charge in [0.2, 0.25) is 5.91 Å². The number of nitrogens with one attached hydrogen (secondary N) is 1. The van der Waals surface area contributed by atoms with Crippen molar-refractivity contribution < 1.29 is 42.1 Å². The van der Waals surface area contributed by atoms with Crippen molar-refractivity contribution in [2.45, 2.75) is 24.6 Å². The molecule has 0 saturated carbocycles. The van der Waals surface area contributed by atoms with E-state index < -0.39 is 12.1 Å². The number of likely N-dealkylation sites (tertiary alicyclic amines) is 1. The molecule has 6 rings (SSSR count).